The smallest absolute Gasteiger partial charge is 0.118 e. The Morgan fingerprint density at radius 2 is 1.93 bits per heavy atom. The van der Waals surface area contributed by atoms with Crippen LogP contribution in [0.1, 0.15) is 24.8 Å². The van der Waals surface area contributed by atoms with Gasteiger partial charge in [-0.05, 0) is 43.4 Å². The highest BCUT2D eigenvalue weighted by Gasteiger charge is 2.32. The first-order valence-electron chi connectivity index (χ1n) is 5.14. The minimum Gasteiger partial charge on any atom is -0.497 e. The lowest BCUT2D eigenvalue weighted by atomic mass is 9.74. The summed E-state index contributed by atoms with van der Waals surface area (Å²) < 4.78 is 5.11. The Bertz CT molecular complexity index is 301. The first-order valence-corrected chi connectivity index (χ1v) is 5.14. The van der Waals surface area contributed by atoms with E-state index in [-0.39, 0.29) is 5.54 Å². The van der Waals surface area contributed by atoms with Gasteiger partial charge < -0.3 is 10.5 Å². The van der Waals surface area contributed by atoms with Crippen molar-refractivity contribution in [2.45, 2.75) is 31.2 Å². The lowest BCUT2D eigenvalue weighted by Crippen LogP contribution is -2.48. The fraction of sp³-hybridized carbons (Fsp3) is 0.500. The number of benzene rings is 1. The molecule has 2 N–H and O–H groups in total. The number of nitrogens with two attached hydrogens (primary N) is 1. The third-order valence-electron chi connectivity index (χ3n) is 3.06. The Morgan fingerprint density at radius 1 is 1.29 bits per heavy atom. The molecule has 14 heavy (non-hydrogen) atoms. The van der Waals surface area contributed by atoms with Crippen molar-refractivity contribution < 1.29 is 4.74 Å². The summed E-state index contributed by atoms with van der Waals surface area (Å²) in [6, 6.07) is 8.20. The van der Waals surface area contributed by atoms with Gasteiger partial charge in [-0.1, -0.05) is 12.1 Å². The number of methoxy groups -OCH3 is 1. The zero-order chi connectivity index (χ0) is 10.0. The second kappa shape index (κ2) is 3.62. The van der Waals surface area contributed by atoms with Gasteiger partial charge in [0.05, 0.1) is 7.11 Å². The quantitative estimate of drug-likeness (QED) is 0.794. The Balaban J connectivity index is 2.02. The van der Waals surface area contributed by atoms with Crippen LogP contribution < -0.4 is 10.5 Å². The molecule has 76 valence electrons. The normalized spacial score (nSPS) is 18.7. The van der Waals surface area contributed by atoms with Gasteiger partial charge in [0.15, 0.2) is 0 Å². The molecule has 0 aromatic heterocycles. The van der Waals surface area contributed by atoms with E-state index in [2.05, 4.69) is 12.1 Å². The minimum atomic E-state index is 0.0780. The Labute approximate surface area is 85.1 Å². The highest BCUT2D eigenvalue weighted by Crippen LogP contribution is 2.32. The number of hydrogen-bond acceptors (Lipinski definition) is 2. The Morgan fingerprint density at radius 3 is 2.36 bits per heavy atom. The summed E-state index contributed by atoms with van der Waals surface area (Å²) in [7, 11) is 1.69. The molecule has 0 heterocycles. The summed E-state index contributed by atoms with van der Waals surface area (Å²) in [6.45, 7) is 0. The summed E-state index contributed by atoms with van der Waals surface area (Å²) in [4.78, 5) is 0. The van der Waals surface area contributed by atoms with E-state index in [1.54, 1.807) is 7.11 Å². The van der Waals surface area contributed by atoms with Crippen molar-refractivity contribution in [3.05, 3.63) is 29.8 Å². The highest BCUT2D eigenvalue weighted by molar-refractivity contribution is 5.28. The molecule has 2 rings (SSSR count). The van der Waals surface area contributed by atoms with E-state index in [9.17, 15) is 0 Å². The molecular formula is C12H17NO. The van der Waals surface area contributed by atoms with Crippen molar-refractivity contribution >= 4 is 0 Å². The van der Waals surface area contributed by atoms with E-state index >= 15 is 0 Å². The Hall–Kier alpha value is -1.02. The molecule has 0 bridgehead atoms. The van der Waals surface area contributed by atoms with Gasteiger partial charge in [0.2, 0.25) is 0 Å². The Kier molecular flexibility index (Phi) is 2.46. The fourth-order valence-corrected chi connectivity index (χ4v) is 1.96. The van der Waals surface area contributed by atoms with Crippen molar-refractivity contribution in [1.82, 2.24) is 0 Å². The third kappa shape index (κ3) is 1.90. The molecule has 0 spiro atoms. The summed E-state index contributed by atoms with van der Waals surface area (Å²) >= 11 is 0. The van der Waals surface area contributed by atoms with Crippen molar-refractivity contribution in [3.63, 3.8) is 0 Å². The highest BCUT2D eigenvalue weighted by atomic mass is 16.5. The summed E-state index contributed by atoms with van der Waals surface area (Å²) in [5.41, 5.74) is 7.57. The van der Waals surface area contributed by atoms with Crippen LogP contribution in [-0.4, -0.2) is 12.6 Å². The molecule has 2 heteroatoms. The van der Waals surface area contributed by atoms with E-state index in [1.807, 2.05) is 12.1 Å². The van der Waals surface area contributed by atoms with Gasteiger partial charge in [-0.3, -0.25) is 0 Å². The van der Waals surface area contributed by atoms with Crippen LogP contribution in [-0.2, 0) is 6.42 Å². The van der Waals surface area contributed by atoms with Gasteiger partial charge in [0, 0.05) is 5.54 Å². The molecule has 1 aromatic rings. The van der Waals surface area contributed by atoms with Crippen LogP contribution in [0.25, 0.3) is 0 Å². The number of ether oxygens (including phenoxy) is 1. The molecule has 1 fully saturated rings. The average molecular weight is 191 g/mol. The lowest BCUT2D eigenvalue weighted by Gasteiger charge is -2.38. The van der Waals surface area contributed by atoms with Gasteiger partial charge in [-0.15, -0.1) is 0 Å². The second-order valence-corrected chi connectivity index (χ2v) is 4.24. The van der Waals surface area contributed by atoms with Gasteiger partial charge in [0.25, 0.3) is 0 Å². The van der Waals surface area contributed by atoms with E-state index in [1.165, 1.54) is 24.8 Å². The predicted molar refractivity (Wildman–Crippen MR) is 57.5 cm³/mol. The van der Waals surface area contributed by atoms with Crippen molar-refractivity contribution in [3.8, 4) is 5.75 Å². The average Bonchev–Trinajstić information content (AvgIpc) is 2.17. The maximum atomic E-state index is 6.17. The van der Waals surface area contributed by atoms with Crippen molar-refractivity contribution in [2.75, 3.05) is 7.11 Å². The van der Waals surface area contributed by atoms with Crippen LogP contribution in [0.4, 0.5) is 0 Å². The van der Waals surface area contributed by atoms with E-state index in [0.717, 1.165) is 12.2 Å². The lowest BCUT2D eigenvalue weighted by molar-refractivity contribution is 0.247. The van der Waals surface area contributed by atoms with Gasteiger partial charge in [-0.25, -0.2) is 0 Å². The first kappa shape index (κ1) is 9.53. The minimum absolute atomic E-state index is 0.0780. The van der Waals surface area contributed by atoms with Crippen LogP contribution in [0, 0.1) is 0 Å². The monoisotopic (exact) mass is 191 g/mol. The van der Waals surface area contributed by atoms with E-state index in [4.69, 9.17) is 10.5 Å². The molecular weight excluding hydrogens is 174 g/mol. The fourth-order valence-electron chi connectivity index (χ4n) is 1.96. The summed E-state index contributed by atoms with van der Waals surface area (Å²) in [6.07, 6.45) is 4.61. The molecule has 0 atom stereocenters. The second-order valence-electron chi connectivity index (χ2n) is 4.24. The first-order chi connectivity index (χ1) is 6.72. The SMILES string of the molecule is COc1ccc(CC2(N)CCC2)cc1. The van der Waals surface area contributed by atoms with Gasteiger partial charge in [0.1, 0.15) is 5.75 Å². The molecule has 1 aromatic carbocycles. The zero-order valence-electron chi connectivity index (χ0n) is 8.62. The van der Waals surface area contributed by atoms with Crippen LogP contribution in [0.2, 0.25) is 0 Å². The predicted octanol–water partition coefficient (Wildman–Crippen LogP) is 2.12. The largest absolute Gasteiger partial charge is 0.497 e. The van der Waals surface area contributed by atoms with Crippen LogP contribution in [0.3, 0.4) is 0 Å². The van der Waals surface area contributed by atoms with Crippen molar-refractivity contribution in [2.24, 2.45) is 5.73 Å². The van der Waals surface area contributed by atoms with Crippen LogP contribution >= 0.6 is 0 Å². The molecule has 0 aliphatic heterocycles. The summed E-state index contributed by atoms with van der Waals surface area (Å²) in [5.74, 6) is 0.911. The molecule has 0 amide bonds. The topological polar surface area (TPSA) is 35.2 Å². The third-order valence-corrected chi connectivity index (χ3v) is 3.06. The van der Waals surface area contributed by atoms with Crippen molar-refractivity contribution in [1.29, 1.82) is 0 Å². The van der Waals surface area contributed by atoms with Gasteiger partial charge in [-0.2, -0.15) is 0 Å². The van der Waals surface area contributed by atoms with Gasteiger partial charge >= 0.3 is 0 Å². The van der Waals surface area contributed by atoms with Crippen LogP contribution in [0.15, 0.2) is 24.3 Å². The zero-order valence-corrected chi connectivity index (χ0v) is 8.62. The summed E-state index contributed by atoms with van der Waals surface area (Å²) in [5, 5.41) is 0. The molecule has 2 nitrogen and oxygen atoms in total. The number of hydrogen-bond donors (Lipinski definition) is 1. The standard InChI is InChI=1S/C12H17NO/c1-14-11-5-3-10(4-6-11)9-12(13)7-2-8-12/h3-6H,2,7-9,13H2,1H3. The molecule has 0 unspecified atom stereocenters. The van der Waals surface area contributed by atoms with E-state index < -0.39 is 0 Å². The number of rotatable bonds is 3. The molecule has 1 saturated carbocycles. The molecule has 0 radical (unpaired) electrons. The van der Waals surface area contributed by atoms with Crippen LogP contribution in [0.5, 0.6) is 5.75 Å². The van der Waals surface area contributed by atoms with E-state index in [0.29, 0.717) is 0 Å². The molecule has 1 aliphatic rings. The molecule has 1 aliphatic carbocycles. The molecule has 0 saturated heterocycles. The maximum absolute atomic E-state index is 6.17. The maximum Gasteiger partial charge on any atom is 0.118 e.